The predicted octanol–water partition coefficient (Wildman–Crippen LogP) is 6.50. The van der Waals surface area contributed by atoms with E-state index in [0.717, 1.165) is 43.2 Å². The Bertz CT molecular complexity index is 1350. The highest BCUT2D eigenvalue weighted by atomic mass is 35.5. The molecule has 2 aromatic carbocycles. The number of fused-ring (bicyclic) bond motifs is 1. The molecule has 1 fully saturated rings. The number of ether oxygens (including phenoxy) is 1. The Morgan fingerprint density at radius 2 is 1.84 bits per heavy atom. The van der Waals surface area contributed by atoms with Gasteiger partial charge in [0.05, 0.1) is 6.61 Å². The molecule has 0 aliphatic heterocycles. The number of benzene rings is 2. The molecule has 9 heteroatoms. The summed E-state index contributed by atoms with van der Waals surface area (Å²) in [4.78, 5) is 45.0. The van der Waals surface area contributed by atoms with E-state index in [1.54, 1.807) is 31.2 Å². The molecule has 0 saturated heterocycles. The summed E-state index contributed by atoms with van der Waals surface area (Å²) in [6.07, 6.45) is 4.97. The van der Waals surface area contributed by atoms with Crippen molar-refractivity contribution in [1.82, 2.24) is 15.2 Å². The molecule has 1 aliphatic rings. The van der Waals surface area contributed by atoms with Crippen molar-refractivity contribution in [3.05, 3.63) is 68.8 Å². The number of aryl methyl sites for hydroxylation is 1. The summed E-state index contributed by atoms with van der Waals surface area (Å²) in [5, 5.41) is 4.90. The first kappa shape index (κ1) is 28.0. The van der Waals surface area contributed by atoms with E-state index in [4.69, 9.17) is 27.9 Å². The molecule has 0 radical (unpaired) electrons. The number of aromatic nitrogens is 1. The Balaban J connectivity index is 1.87. The van der Waals surface area contributed by atoms with Gasteiger partial charge in [-0.25, -0.2) is 4.79 Å². The zero-order chi connectivity index (χ0) is 27.4. The van der Waals surface area contributed by atoms with Crippen molar-refractivity contribution < 1.29 is 19.1 Å². The molecule has 3 aromatic rings. The van der Waals surface area contributed by atoms with Gasteiger partial charge < -0.3 is 19.9 Å². The number of esters is 1. The van der Waals surface area contributed by atoms with Crippen LogP contribution in [0.2, 0.25) is 10.0 Å². The molecule has 202 valence electrons. The molecule has 4 rings (SSSR count). The minimum Gasteiger partial charge on any atom is -0.461 e. The summed E-state index contributed by atoms with van der Waals surface area (Å²) in [5.74, 6) is -1.24. The van der Waals surface area contributed by atoms with Crippen LogP contribution in [0.5, 0.6) is 0 Å². The van der Waals surface area contributed by atoms with E-state index < -0.39 is 12.0 Å². The smallest absolute Gasteiger partial charge is 0.355 e. The number of hydrogen-bond acceptors (Lipinski definition) is 4. The monoisotopic (exact) mass is 557 g/mol. The van der Waals surface area contributed by atoms with Gasteiger partial charge in [-0.15, -0.1) is 0 Å². The highest BCUT2D eigenvalue weighted by Gasteiger charge is 2.37. The summed E-state index contributed by atoms with van der Waals surface area (Å²) >= 11 is 12.5. The summed E-state index contributed by atoms with van der Waals surface area (Å²) in [6, 6.07) is 9.60. The van der Waals surface area contributed by atoms with Crippen molar-refractivity contribution in [2.45, 2.75) is 71.5 Å². The van der Waals surface area contributed by atoms with Gasteiger partial charge in [0, 0.05) is 46.0 Å². The van der Waals surface area contributed by atoms with Gasteiger partial charge in [0.15, 0.2) is 0 Å². The number of carbonyl (C=O) groups excluding carboxylic acids is 3. The lowest BCUT2D eigenvalue weighted by Crippen LogP contribution is -2.46. The minimum atomic E-state index is -1.08. The third-order valence-electron chi connectivity index (χ3n) is 7.05. The normalized spacial score (nSPS) is 14.8. The molecule has 1 unspecified atom stereocenters. The van der Waals surface area contributed by atoms with Crippen LogP contribution in [0.4, 0.5) is 0 Å². The molecule has 1 heterocycles. The van der Waals surface area contributed by atoms with Crippen LogP contribution in [0.15, 0.2) is 36.4 Å². The van der Waals surface area contributed by atoms with Crippen molar-refractivity contribution in [3.8, 4) is 0 Å². The number of H-pyrrole nitrogens is 1. The van der Waals surface area contributed by atoms with Gasteiger partial charge in [0.25, 0.3) is 0 Å². The maximum Gasteiger partial charge on any atom is 0.355 e. The van der Waals surface area contributed by atoms with Crippen LogP contribution in [0.25, 0.3) is 10.9 Å². The number of halogens is 2. The van der Waals surface area contributed by atoms with Crippen LogP contribution in [-0.4, -0.2) is 40.3 Å². The average Bonchev–Trinajstić information content (AvgIpc) is 3.24. The van der Waals surface area contributed by atoms with E-state index in [1.807, 2.05) is 19.1 Å². The zero-order valence-electron chi connectivity index (χ0n) is 21.9. The Hall–Kier alpha value is -3.03. The Morgan fingerprint density at radius 3 is 2.50 bits per heavy atom. The minimum absolute atomic E-state index is 0.0102. The van der Waals surface area contributed by atoms with Crippen molar-refractivity contribution in [2.75, 3.05) is 6.61 Å². The fourth-order valence-electron chi connectivity index (χ4n) is 5.18. The molecule has 0 spiro atoms. The van der Waals surface area contributed by atoms with E-state index in [1.165, 1.54) is 11.8 Å². The first-order valence-corrected chi connectivity index (χ1v) is 13.8. The largest absolute Gasteiger partial charge is 0.461 e. The van der Waals surface area contributed by atoms with Crippen LogP contribution in [-0.2, 0) is 20.9 Å². The van der Waals surface area contributed by atoms with E-state index in [9.17, 15) is 14.4 Å². The third kappa shape index (κ3) is 6.16. The van der Waals surface area contributed by atoms with Crippen molar-refractivity contribution in [2.24, 2.45) is 0 Å². The molecule has 7 nitrogen and oxygen atoms in total. The fourth-order valence-corrected chi connectivity index (χ4v) is 5.47. The molecule has 1 aliphatic carbocycles. The van der Waals surface area contributed by atoms with Gasteiger partial charge in [-0.05, 0) is 56.0 Å². The third-order valence-corrected chi connectivity index (χ3v) is 7.70. The predicted molar refractivity (Wildman–Crippen MR) is 149 cm³/mol. The van der Waals surface area contributed by atoms with Crippen LogP contribution < -0.4 is 5.32 Å². The second kappa shape index (κ2) is 12.2. The van der Waals surface area contributed by atoms with E-state index in [-0.39, 0.29) is 36.7 Å². The second-order valence-corrected chi connectivity index (χ2v) is 10.6. The Labute approximate surface area is 232 Å². The van der Waals surface area contributed by atoms with Crippen LogP contribution in [0.1, 0.15) is 79.2 Å². The lowest BCUT2D eigenvalue weighted by atomic mass is 9.94. The fraction of sp³-hybridized carbons (Fsp3) is 0.414. The van der Waals surface area contributed by atoms with Gasteiger partial charge in [-0.2, -0.15) is 0 Å². The topological polar surface area (TPSA) is 91.5 Å². The number of hydrogen-bond donors (Lipinski definition) is 2. The molecule has 1 atom stereocenters. The van der Waals surface area contributed by atoms with Crippen LogP contribution >= 0.6 is 23.2 Å². The zero-order valence-corrected chi connectivity index (χ0v) is 23.4. The molecule has 38 heavy (non-hydrogen) atoms. The lowest BCUT2D eigenvalue weighted by Gasteiger charge is -2.33. The lowest BCUT2D eigenvalue weighted by molar-refractivity contribution is -0.140. The number of aromatic amines is 1. The highest BCUT2D eigenvalue weighted by molar-refractivity contribution is 6.31. The number of carbonyl (C=O) groups is 3. The Kier molecular flexibility index (Phi) is 9.00. The number of nitrogens with zero attached hydrogens (tertiary/aromatic N) is 1. The summed E-state index contributed by atoms with van der Waals surface area (Å²) < 4.78 is 5.34. The number of amides is 2. The standard InChI is InChI=1S/C29H33Cl2N3O4/c1-4-38-29(37)26-25(22-12-11-20(30)15-24(22)33-26)27(28(36)32-21-8-6-5-7-9-21)34(18(3)35)16-19-10-13-23(31)17(2)14-19/h10-15,21,27,33H,4-9,16H2,1-3H3,(H,32,36). The van der Waals surface area contributed by atoms with Crippen molar-refractivity contribution >= 4 is 51.9 Å². The van der Waals surface area contributed by atoms with Crippen LogP contribution in [0, 0.1) is 6.92 Å². The first-order valence-electron chi connectivity index (χ1n) is 13.0. The molecule has 0 bridgehead atoms. The number of rotatable bonds is 8. The second-order valence-electron chi connectivity index (χ2n) is 9.80. The molecule has 1 saturated carbocycles. The van der Waals surface area contributed by atoms with Gasteiger partial charge >= 0.3 is 5.97 Å². The quantitative estimate of drug-likeness (QED) is 0.309. The summed E-state index contributed by atoms with van der Waals surface area (Å²) in [7, 11) is 0. The van der Waals surface area contributed by atoms with Gasteiger partial charge in [0.2, 0.25) is 11.8 Å². The summed E-state index contributed by atoms with van der Waals surface area (Å²) in [5.41, 5.74) is 2.79. The SMILES string of the molecule is CCOC(=O)c1[nH]c2cc(Cl)ccc2c1C(C(=O)NC1CCCCC1)N(Cc1ccc(Cl)c(C)c1)C(C)=O. The van der Waals surface area contributed by atoms with Gasteiger partial charge in [-0.3, -0.25) is 9.59 Å². The van der Waals surface area contributed by atoms with E-state index in [2.05, 4.69) is 10.3 Å². The molecule has 1 aromatic heterocycles. The maximum atomic E-state index is 14.1. The Morgan fingerprint density at radius 1 is 1.11 bits per heavy atom. The number of nitrogens with one attached hydrogen (secondary N) is 2. The highest BCUT2D eigenvalue weighted by Crippen LogP contribution is 2.36. The molecule has 2 N–H and O–H groups in total. The van der Waals surface area contributed by atoms with E-state index in [0.29, 0.717) is 26.5 Å². The molecular formula is C29H33Cl2N3O4. The average molecular weight is 559 g/mol. The van der Waals surface area contributed by atoms with Crippen LogP contribution in [0.3, 0.4) is 0 Å². The molecule has 2 amide bonds. The van der Waals surface area contributed by atoms with Gasteiger partial charge in [0.1, 0.15) is 11.7 Å². The van der Waals surface area contributed by atoms with E-state index >= 15 is 0 Å². The maximum absolute atomic E-state index is 14.1. The van der Waals surface area contributed by atoms with Crippen molar-refractivity contribution in [1.29, 1.82) is 0 Å². The molecular weight excluding hydrogens is 525 g/mol. The summed E-state index contributed by atoms with van der Waals surface area (Å²) in [6.45, 7) is 5.35. The van der Waals surface area contributed by atoms with Crippen molar-refractivity contribution in [3.63, 3.8) is 0 Å². The van der Waals surface area contributed by atoms with Gasteiger partial charge in [-0.1, -0.05) is 60.7 Å². The first-order chi connectivity index (χ1) is 18.2.